The van der Waals surface area contributed by atoms with E-state index in [0.717, 1.165) is 6.08 Å². The molecule has 0 bridgehead atoms. The van der Waals surface area contributed by atoms with Crippen molar-refractivity contribution in [3.63, 3.8) is 0 Å². The average molecular weight is 369 g/mol. The van der Waals surface area contributed by atoms with Crippen molar-refractivity contribution in [3.05, 3.63) is 46.8 Å². The van der Waals surface area contributed by atoms with E-state index in [4.69, 9.17) is 11.6 Å². The van der Waals surface area contributed by atoms with Crippen LogP contribution in [0.15, 0.2) is 41.3 Å². The van der Waals surface area contributed by atoms with Gasteiger partial charge in [-0.15, -0.1) is 11.6 Å². The molecule has 3 rings (SSSR count). The first-order valence-corrected chi connectivity index (χ1v) is 7.93. The third-order valence-corrected chi connectivity index (χ3v) is 4.20. The molecule has 1 amide bonds. The molecule has 1 aromatic heterocycles. The molecular weight excluding hydrogens is 357 g/mol. The number of halogens is 4. The Morgan fingerprint density at radius 1 is 1.40 bits per heavy atom. The summed E-state index contributed by atoms with van der Waals surface area (Å²) in [5.74, 6) is -0.699. The van der Waals surface area contributed by atoms with E-state index in [0.29, 0.717) is 0 Å². The molecule has 130 valence electrons. The molecule has 1 aliphatic carbocycles. The summed E-state index contributed by atoms with van der Waals surface area (Å²) >= 11 is 5.67. The molecule has 0 aromatic carbocycles. The first-order valence-electron chi connectivity index (χ1n) is 7.40. The van der Waals surface area contributed by atoms with Crippen LogP contribution in [-0.2, 0) is 11.3 Å². The van der Waals surface area contributed by atoms with Crippen LogP contribution in [0.2, 0.25) is 0 Å². The molecule has 5 nitrogen and oxygen atoms in total. The zero-order chi connectivity index (χ0) is 18.2. The third kappa shape index (κ3) is 3.07. The number of allylic oxidation sites excluding steroid dienone is 4. The highest BCUT2D eigenvalue weighted by Gasteiger charge is 2.36. The van der Waals surface area contributed by atoms with E-state index < -0.39 is 17.7 Å². The topological polar surface area (TPSA) is 61.9 Å². The van der Waals surface area contributed by atoms with Gasteiger partial charge in [-0.3, -0.25) is 9.69 Å². The average Bonchev–Trinajstić information content (AvgIpc) is 3.02. The van der Waals surface area contributed by atoms with E-state index in [1.165, 1.54) is 15.8 Å². The lowest BCUT2D eigenvalue weighted by Crippen LogP contribution is -2.37. The maximum absolute atomic E-state index is 13.0. The highest BCUT2D eigenvalue weighted by molar-refractivity contribution is 6.30. The second-order valence-electron chi connectivity index (χ2n) is 5.49. The van der Waals surface area contributed by atoms with Gasteiger partial charge in [0.15, 0.2) is 5.82 Å². The number of fused-ring (bicyclic) bond motifs is 1. The zero-order valence-electron chi connectivity index (χ0n) is 12.8. The summed E-state index contributed by atoms with van der Waals surface area (Å²) in [6.07, 6.45) is 1.29. The lowest BCUT2D eigenvalue weighted by Gasteiger charge is -2.31. The molecule has 0 fully saturated rings. The quantitative estimate of drug-likeness (QED) is 0.751. The fourth-order valence-corrected chi connectivity index (χ4v) is 2.99. The number of carbonyl (C=O) groups excluding carboxylic acids is 1. The Morgan fingerprint density at radius 2 is 2.16 bits per heavy atom. The number of rotatable bonds is 2. The van der Waals surface area contributed by atoms with Crippen molar-refractivity contribution in [2.75, 3.05) is 10.8 Å². The van der Waals surface area contributed by atoms with Crippen LogP contribution in [0, 0.1) is 11.3 Å². The van der Waals surface area contributed by atoms with Crippen molar-refractivity contribution in [2.45, 2.75) is 25.6 Å². The van der Waals surface area contributed by atoms with Gasteiger partial charge in [-0.05, 0) is 30.6 Å². The fraction of sp³-hybridized carbons (Fsp3) is 0.312. The Balaban J connectivity index is 2.08. The third-order valence-electron chi connectivity index (χ3n) is 3.97. The van der Waals surface area contributed by atoms with Crippen molar-refractivity contribution in [3.8, 4) is 6.07 Å². The summed E-state index contributed by atoms with van der Waals surface area (Å²) in [6.45, 7) is 0.241. The standard InChI is InChI=1S/C16H12ClF3N4O/c17-7-14(25)24-13(4-5-23-15(24)11(8-21)9-22-23)10-2-1-3-12(6-10)16(18,19)20/h2,4,6,9H,1,3,5,7H2. The summed E-state index contributed by atoms with van der Waals surface area (Å²) in [6, 6.07) is 1.94. The van der Waals surface area contributed by atoms with Crippen molar-refractivity contribution >= 4 is 23.3 Å². The van der Waals surface area contributed by atoms with Gasteiger partial charge < -0.3 is 0 Å². The molecular formula is C16H12ClF3N4O. The Morgan fingerprint density at radius 3 is 2.80 bits per heavy atom. The highest BCUT2D eigenvalue weighted by atomic mass is 35.5. The number of carbonyl (C=O) groups is 1. The highest BCUT2D eigenvalue weighted by Crippen LogP contribution is 2.38. The van der Waals surface area contributed by atoms with Gasteiger partial charge in [0.1, 0.15) is 17.5 Å². The minimum Gasteiger partial charge on any atom is -0.273 e. The summed E-state index contributed by atoms with van der Waals surface area (Å²) in [7, 11) is 0. The number of amides is 1. The maximum Gasteiger partial charge on any atom is 0.412 e. The van der Waals surface area contributed by atoms with Crippen LogP contribution in [0.3, 0.4) is 0 Å². The van der Waals surface area contributed by atoms with Crippen molar-refractivity contribution < 1.29 is 18.0 Å². The van der Waals surface area contributed by atoms with Crippen LogP contribution < -0.4 is 4.90 Å². The summed E-state index contributed by atoms with van der Waals surface area (Å²) in [5, 5.41) is 13.3. The number of nitrogens with zero attached hydrogens (tertiary/aromatic N) is 4. The Labute approximate surface area is 146 Å². The normalized spacial score (nSPS) is 17.2. The number of anilines is 1. The van der Waals surface area contributed by atoms with Gasteiger partial charge >= 0.3 is 6.18 Å². The van der Waals surface area contributed by atoms with Gasteiger partial charge in [0.25, 0.3) is 0 Å². The van der Waals surface area contributed by atoms with Crippen LogP contribution >= 0.6 is 11.6 Å². The molecule has 1 aromatic rings. The minimum absolute atomic E-state index is 0.106. The lowest BCUT2D eigenvalue weighted by molar-refractivity contribution is -0.115. The molecule has 0 unspecified atom stereocenters. The van der Waals surface area contributed by atoms with E-state index in [1.807, 2.05) is 6.07 Å². The van der Waals surface area contributed by atoms with Crippen LogP contribution in [0.25, 0.3) is 0 Å². The predicted molar refractivity (Wildman–Crippen MR) is 84.7 cm³/mol. The van der Waals surface area contributed by atoms with E-state index in [2.05, 4.69) is 5.10 Å². The Bertz CT molecular complexity index is 858. The largest absolute Gasteiger partial charge is 0.412 e. The molecule has 0 saturated heterocycles. The zero-order valence-corrected chi connectivity index (χ0v) is 13.6. The van der Waals surface area contributed by atoms with Crippen molar-refractivity contribution in [1.29, 1.82) is 5.26 Å². The van der Waals surface area contributed by atoms with E-state index in [9.17, 15) is 23.2 Å². The van der Waals surface area contributed by atoms with Gasteiger partial charge in [-0.2, -0.15) is 23.5 Å². The molecule has 0 atom stereocenters. The first-order chi connectivity index (χ1) is 11.9. The summed E-state index contributed by atoms with van der Waals surface area (Å²) < 4.78 is 40.5. The van der Waals surface area contributed by atoms with E-state index in [1.54, 1.807) is 12.2 Å². The monoisotopic (exact) mass is 368 g/mol. The van der Waals surface area contributed by atoms with Gasteiger partial charge in [0, 0.05) is 5.57 Å². The summed E-state index contributed by atoms with van der Waals surface area (Å²) in [4.78, 5) is 13.5. The molecule has 0 radical (unpaired) electrons. The van der Waals surface area contributed by atoms with Gasteiger partial charge in [0.05, 0.1) is 18.4 Å². The van der Waals surface area contributed by atoms with Crippen LogP contribution in [-0.4, -0.2) is 27.7 Å². The van der Waals surface area contributed by atoms with Crippen LogP contribution in [0.4, 0.5) is 19.0 Å². The molecule has 25 heavy (non-hydrogen) atoms. The van der Waals surface area contributed by atoms with Crippen molar-refractivity contribution in [1.82, 2.24) is 9.78 Å². The van der Waals surface area contributed by atoms with Gasteiger partial charge in [0.2, 0.25) is 5.91 Å². The number of hydrogen-bond acceptors (Lipinski definition) is 3. The molecule has 0 spiro atoms. The van der Waals surface area contributed by atoms with Crippen LogP contribution in [0.1, 0.15) is 18.4 Å². The van der Waals surface area contributed by atoms with Crippen molar-refractivity contribution in [2.24, 2.45) is 0 Å². The van der Waals surface area contributed by atoms with Gasteiger partial charge in [-0.1, -0.05) is 6.08 Å². The number of nitriles is 1. The second-order valence-corrected chi connectivity index (χ2v) is 5.76. The fourth-order valence-electron chi connectivity index (χ4n) is 2.87. The lowest BCUT2D eigenvalue weighted by atomic mass is 9.95. The van der Waals surface area contributed by atoms with E-state index >= 15 is 0 Å². The molecule has 2 aliphatic rings. The Kier molecular flexibility index (Phi) is 4.43. The maximum atomic E-state index is 13.0. The molecule has 9 heteroatoms. The molecule has 0 N–H and O–H groups in total. The smallest absolute Gasteiger partial charge is 0.273 e. The number of aromatic nitrogens is 2. The predicted octanol–water partition coefficient (Wildman–Crippen LogP) is 3.43. The molecule has 2 heterocycles. The number of alkyl halides is 4. The van der Waals surface area contributed by atoms with Gasteiger partial charge in [-0.25, -0.2) is 4.68 Å². The SMILES string of the molecule is N#Cc1cnn2c1N(C(=O)CCl)C(C1=CCCC(C(F)(F)F)=C1)=CC2. The second kappa shape index (κ2) is 6.41. The molecule has 0 saturated carbocycles. The molecule has 1 aliphatic heterocycles. The first kappa shape index (κ1) is 17.3. The Hall–Kier alpha value is -2.53. The summed E-state index contributed by atoms with van der Waals surface area (Å²) in [5.41, 5.74) is 0.0780. The minimum atomic E-state index is -4.42. The van der Waals surface area contributed by atoms with Crippen LogP contribution in [0.5, 0.6) is 0 Å². The number of hydrogen-bond donors (Lipinski definition) is 0. The van der Waals surface area contributed by atoms with E-state index in [-0.39, 0.29) is 47.9 Å².